The lowest BCUT2D eigenvalue weighted by Gasteiger charge is -2.04. The van der Waals surface area contributed by atoms with E-state index in [-0.39, 0.29) is 11.6 Å². The number of amidine groups is 1. The summed E-state index contributed by atoms with van der Waals surface area (Å²) in [5.41, 5.74) is 9.08. The molecule has 0 saturated carbocycles. The fourth-order valence-electron chi connectivity index (χ4n) is 2.04. The molecule has 2 rings (SSSR count). The summed E-state index contributed by atoms with van der Waals surface area (Å²) in [7, 11) is 0. The molecule has 102 valence electrons. The fraction of sp³-hybridized carbons (Fsp3) is 0.176. The number of rotatable bonds is 5. The van der Waals surface area contributed by atoms with Gasteiger partial charge in [-0.15, -0.1) is 0 Å². The SMILES string of the molecule is Cc1ccc(C(=O)CCc2cccc(C(=N)N)c2)cc1. The minimum absolute atomic E-state index is 0.0525. The molecule has 3 nitrogen and oxygen atoms in total. The van der Waals surface area contributed by atoms with Crippen LogP contribution in [0.4, 0.5) is 0 Å². The standard InChI is InChI=1S/C17H18N2O/c1-12-5-8-14(9-6-12)16(20)10-7-13-3-2-4-15(11-13)17(18)19/h2-6,8-9,11H,7,10H2,1H3,(H3,18,19). The van der Waals surface area contributed by atoms with Gasteiger partial charge in [-0.2, -0.15) is 0 Å². The second-order valence-corrected chi connectivity index (χ2v) is 4.90. The van der Waals surface area contributed by atoms with Gasteiger partial charge in [0.2, 0.25) is 0 Å². The number of nitrogens with one attached hydrogen (secondary N) is 1. The predicted molar refractivity (Wildman–Crippen MR) is 81.3 cm³/mol. The summed E-state index contributed by atoms with van der Waals surface area (Å²) in [4.78, 5) is 12.1. The summed E-state index contributed by atoms with van der Waals surface area (Å²) < 4.78 is 0. The van der Waals surface area contributed by atoms with Gasteiger partial charge >= 0.3 is 0 Å². The lowest BCUT2D eigenvalue weighted by atomic mass is 10.0. The van der Waals surface area contributed by atoms with Crippen LogP contribution in [0.3, 0.4) is 0 Å². The number of carbonyl (C=O) groups excluding carboxylic acids is 1. The van der Waals surface area contributed by atoms with E-state index in [0.717, 1.165) is 16.7 Å². The van der Waals surface area contributed by atoms with E-state index in [1.807, 2.05) is 49.4 Å². The van der Waals surface area contributed by atoms with Gasteiger partial charge in [0.1, 0.15) is 5.84 Å². The van der Waals surface area contributed by atoms with E-state index in [1.54, 1.807) is 6.07 Å². The average Bonchev–Trinajstić information content (AvgIpc) is 2.46. The molecule has 0 atom stereocenters. The third-order valence-corrected chi connectivity index (χ3v) is 3.25. The van der Waals surface area contributed by atoms with E-state index >= 15 is 0 Å². The summed E-state index contributed by atoms with van der Waals surface area (Å²) >= 11 is 0. The van der Waals surface area contributed by atoms with Gasteiger partial charge in [-0.1, -0.05) is 48.0 Å². The molecule has 0 saturated heterocycles. The summed E-state index contributed by atoms with van der Waals surface area (Å²) in [5.74, 6) is 0.190. The molecule has 0 heterocycles. The zero-order chi connectivity index (χ0) is 14.5. The van der Waals surface area contributed by atoms with Crippen LogP contribution in [0.25, 0.3) is 0 Å². The van der Waals surface area contributed by atoms with Gasteiger partial charge in [0, 0.05) is 17.5 Å². The highest BCUT2D eigenvalue weighted by Crippen LogP contribution is 2.11. The van der Waals surface area contributed by atoms with Crippen molar-refractivity contribution in [3.8, 4) is 0 Å². The normalized spacial score (nSPS) is 10.2. The maximum Gasteiger partial charge on any atom is 0.163 e. The number of hydrogen-bond donors (Lipinski definition) is 2. The Balaban J connectivity index is 2.01. The van der Waals surface area contributed by atoms with Crippen molar-refractivity contribution >= 4 is 11.6 Å². The van der Waals surface area contributed by atoms with Gasteiger partial charge in [0.05, 0.1) is 0 Å². The predicted octanol–water partition coefficient (Wildman–Crippen LogP) is 3.09. The number of carbonyl (C=O) groups is 1. The fourth-order valence-corrected chi connectivity index (χ4v) is 2.04. The summed E-state index contributed by atoms with van der Waals surface area (Å²) in [6.45, 7) is 2.00. The van der Waals surface area contributed by atoms with E-state index in [4.69, 9.17) is 11.1 Å². The van der Waals surface area contributed by atoms with Crippen molar-refractivity contribution in [2.75, 3.05) is 0 Å². The highest BCUT2D eigenvalue weighted by molar-refractivity contribution is 5.96. The lowest BCUT2D eigenvalue weighted by molar-refractivity contribution is 0.0983. The Morgan fingerprint density at radius 3 is 2.45 bits per heavy atom. The molecule has 2 aromatic carbocycles. The molecule has 0 unspecified atom stereocenters. The first-order valence-electron chi connectivity index (χ1n) is 6.59. The van der Waals surface area contributed by atoms with Crippen LogP contribution in [0, 0.1) is 12.3 Å². The number of nitrogens with two attached hydrogens (primary N) is 1. The van der Waals surface area contributed by atoms with Crippen LogP contribution in [-0.2, 0) is 6.42 Å². The molecule has 2 aromatic rings. The molecule has 0 amide bonds. The van der Waals surface area contributed by atoms with Crippen molar-refractivity contribution in [3.05, 3.63) is 70.8 Å². The van der Waals surface area contributed by atoms with Gasteiger partial charge in [-0.25, -0.2) is 0 Å². The maximum atomic E-state index is 12.1. The smallest absolute Gasteiger partial charge is 0.163 e. The molecular formula is C17H18N2O. The molecule has 3 heteroatoms. The number of nitrogen functional groups attached to an aromatic ring is 1. The Labute approximate surface area is 118 Å². The van der Waals surface area contributed by atoms with Crippen molar-refractivity contribution in [1.29, 1.82) is 5.41 Å². The highest BCUT2D eigenvalue weighted by Gasteiger charge is 2.06. The Morgan fingerprint density at radius 2 is 1.80 bits per heavy atom. The third kappa shape index (κ3) is 3.54. The van der Waals surface area contributed by atoms with Gasteiger partial charge in [0.25, 0.3) is 0 Å². The molecule has 0 aliphatic rings. The molecule has 0 bridgehead atoms. The number of aryl methyl sites for hydroxylation is 2. The first kappa shape index (κ1) is 14.0. The quantitative estimate of drug-likeness (QED) is 0.496. The van der Waals surface area contributed by atoms with Gasteiger partial charge < -0.3 is 5.73 Å². The van der Waals surface area contributed by atoms with Gasteiger partial charge in [-0.05, 0) is 25.0 Å². The van der Waals surface area contributed by atoms with Crippen molar-refractivity contribution in [3.63, 3.8) is 0 Å². The van der Waals surface area contributed by atoms with Crippen molar-refractivity contribution in [2.45, 2.75) is 19.8 Å². The molecule has 0 fully saturated rings. The Bertz CT molecular complexity index is 630. The zero-order valence-electron chi connectivity index (χ0n) is 11.5. The molecule has 0 aliphatic heterocycles. The molecule has 0 spiro atoms. The third-order valence-electron chi connectivity index (χ3n) is 3.25. The van der Waals surface area contributed by atoms with Crippen LogP contribution in [0.5, 0.6) is 0 Å². The van der Waals surface area contributed by atoms with Crippen LogP contribution in [0.1, 0.15) is 33.5 Å². The second-order valence-electron chi connectivity index (χ2n) is 4.90. The average molecular weight is 266 g/mol. The van der Waals surface area contributed by atoms with Crippen LogP contribution < -0.4 is 5.73 Å². The molecule has 0 radical (unpaired) electrons. The van der Waals surface area contributed by atoms with Crippen LogP contribution in [-0.4, -0.2) is 11.6 Å². The lowest BCUT2D eigenvalue weighted by Crippen LogP contribution is -2.11. The number of benzene rings is 2. The van der Waals surface area contributed by atoms with Crippen LogP contribution in [0.2, 0.25) is 0 Å². The van der Waals surface area contributed by atoms with Crippen LogP contribution in [0.15, 0.2) is 48.5 Å². The zero-order valence-corrected chi connectivity index (χ0v) is 11.5. The van der Waals surface area contributed by atoms with Crippen molar-refractivity contribution in [1.82, 2.24) is 0 Å². The summed E-state index contributed by atoms with van der Waals surface area (Å²) in [6, 6.07) is 15.1. The minimum Gasteiger partial charge on any atom is -0.384 e. The Hall–Kier alpha value is -2.42. The van der Waals surface area contributed by atoms with Crippen molar-refractivity contribution < 1.29 is 4.79 Å². The van der Waals surface area contributed by atoms with Crippen molar-refractivity contribution in [2.24, 2.45) is 5.73 Å². The second kappa shape index (κ2) is 6.15. The minimum atomic E-state index is 0.0525. The monoisotopic (exact) mass is 266 g/mol. The summed E-state index contributed by atoms with van der Waals surface area (Å²) in [5, 5.41) is 7.41. The molecular weight excluding hydrogens is 248 g/mol. The van der Waals surface area contributed by atoms with E-state index in [0.29, 0.717) is 18.4 Å². The number of ketones is 1. The summed E-state index contributed by atoms with van der Waals surface area (Å²) in [6.07, 6.45) is 1.12. The van der Waals surface area contributed by atoms with E-state index < -0.39 is 0 Å². The van der Waals surface area contributed by atoms with Gasteiger partial charge in [0.15, 0.2) is 5.78 Å². The maximum absolute atomic E-state index is 12.1. The largest absolute Gasteiger partial charge is 0.384 e. The molecule has 0 aromatic heterocycles. The number of Topliss-reactive ketones (excluding diaryl/α,β-unsaturated/α-hetero) is 1. The van der Waals surface area contributed by atoms with E-state index in [1.165, 1.54) is 0 Å². The molecule has 0 aliphatic carbocycles. The van der Waals surface area contributed by atoms with Gasteiger partial charge in [-0.3, -0.25) is 10.2 Å². The highest BCUT2D eigenvalue weighted by atomic mass is 16.1. The molecule has 20 heavy (non-hydrogen) atoms. The first-order valence-corrected chi connectivity index (χ1v) is 6.59. The molecule has 3 N–H and O–H groups in total. The van der Waals surface area contributed by atoms with Crippen LogP contribution >= 0.6 is 0 Å². The first-order chi connectivity index (χ1) is 9.56. The topological polar surface area (TPSA) is 66.9 Å². The van der Waals surface area contributed by atoms with E-state index in [9.17, 15) is 4.79 Å². The Kier molecular flexibility index (Phi) is 4.31. The Morgan fingerprint density at radius 1 is 1.10 bits per heavy atom. The number of hydrogen-bond acceptors (Lipinski definition) is 2. The van der Waals surface area contributed by atoms with E-state index in [2.05, 4.69) is 0 Å².